The third kappa shape index (κ3) is 4.74. The van der Waals surface area contributed by atoms with E-state index in [9.17, 15) is 5.26 Å². The molecule has 0 radical (unpaired) electrons. The van der Waals surface area contributed by atoms with Gasteiger partial charge in [-0.3, -0.25) is 0 Å². The van der Waals surface area contributed by atoms with E-state index in [4.69, 9.17) is 9.98 Å². The van der Waals surface area contributed by atoms with Crippen LogP contribution >= 0.6 is 0 Å². The van der Waals surface area contributed by atoms with Crippen molar-refractivity contribution in [3.05, 3.63) is 114 Å². The maximum absolute atomic E-state index is 9.48. The second kappa shape index (κ2) is 10.8. The van der Waals surface area contributed by atoms with E-state index in [0.29, 0.717) is 17.3 Å². The highest BCUT2D eigenvalue weighted by atomic mass is 14.9. The van der Waals surface area contributed by atoms with E-state index < -0.39 is 0 Å². The van der Waals surface area contributed by atoms with Gasteiger partial charge in [0.15, 0.2) is 5.84 Å². The van der Waals surface area contributed by atoms with E-state index >= 15 is 0 Å². The summed E-state index contributed by atoms with van der Waals surface area (Å²) in [5.41, 5.74) is 4.34. The molecule has 0 aromatic heterocycles. The normalized spacial score (nSPS) is 13.7. The van der Waals surface area contributed by atoms with Crippen molar-refractivity contribution in [1.29, 1.82) is 5.26 Å². The summed E-state index contributed by atoms with van der Waals surface area (Å²) in [6, 6.07) is 33.6. The molecule has 0 amide bonds. The van der Waals surface area contributed by atoms with Gasteiger partial charge in [-0.15, -0.1) is 0 Å². The smallest absolute Gasteiger partial charge is 0.159 e. The number of nitrogens with zero attached hydrogens (tertiary/aromatic N) is 3. The molecule has 0 fully saturated rings. The van der Waals surface area contributed by atoms with Crippen LogP contribution in [0.25, 0.3) is 38.0 Å². The molecule has 0 aliphatic carbocycles. The van der Waals surface area contributed by atoms with Crippen LogP contribution in [-0.4, -0.2) is 11.5 Å². The van der Waals surface area contributed by atoms with Crippen LogP contribution in [0.3, 0.4) is 0 Å². The standard InChI is InChI=1S/C35H31N3/c1-5-23(3)24(4)37-35(27-13-11-12-25(20-27)22-36)38-34(6-2)26-18-19-32-30-16-8-7-14-28(30)29-15-9-10-17-31(29)33(32)21-26/h6-21,23H,5H2,1-4H3/b34-6-,37-24?,38-35?. The van der Waals surface area contributed by atoms with Gasteiger partial charge in [0.1, 0.15) is 0 Å². The van der Waals surface area contributed by atoms with E-state index in [2.05, 4.69) is 93.6 Å². The van der Waals surface area contributed by atoms with E-state index in [-0.39, 0.29) is 0 Å². The highest BCUT2D eigenvalue weighted by Gasteiger charge is 2.13. The molecule has 0 heterocycles. The molecule has 5 aromatic rings. The SMILES string of the molecule is C/C=C(\N=C(N=C(C)C(C)CC)c1cccc(C#N)c1)c1ccc2c3ccccc3c3ccccc3c2c1. The van der Waals surface area contributed by atoms with Crippen molar-refractivity contribution >= 4 is 49.6 Å². The average Bonchev–Trinajstić information content (AvgIpc) is 2.98. The number of hydrogen-bond donors (Lipinski definition) is 0. The van der Waals surface area contributed by atoms with Gasteiger partial charge < -0.3 is 0 Å². The maximum Gasteiger partial charge on any atom is 0.159 e. The molecule has 186 valence electrons. The highest BCUT2D eigenvalue weighted by Crippen LogP contribution is 2.36. The third-order valence-corrected chi connectivity index (χ3v) is 7.40. The van der Waals surface area contributed by atoms with E-state index in [1.54, 1.807) is 0 Å². The molecule has 5 aromatic carbocycles. The Morgan fingerprint density at radius 2 is 1.37 bits per heavy atom. The van der Waals surface area contributed by atoms with Crippen LogP contribution in [0.5, 0.6) is 0 Å². The molecule has 1 unspecified atom stereocenters. The minimum atomic E-state index is 0.341. The summed E-state index contributed by atoms with van der Waals surface area (Å²) in [5.74, 6) is 0.963. The zero-order valence-corrected chi connectivity index (χ0v) is 22.4. The lowest BCUT2D eigenvalue weighted by molar-refractivity contribution is 0.737. The van der Waals surface area contributed by atoms with Crippen LogP contribution in [0.4, 0.5) is 0 Å². The zero-order valence-electron chi connectivity index (χ0n) is 22.4. The zero-order chi connectivity index (χ0) is 26.6. The van der Waals surface area contributed by atoms with Crippen molar-refractivity contribution in [2.75, 3.05) is 0 Å². The molecule has 38 heavy (non-hydrogen) atoms. The van der Waals surface area contributed by atoms with Crippen molar-refractivity contribution in [2.24, 2.45) is 15.9 Å². The van der Waals surface area contributed by atoms with Gasteiger partial charge in [0.2, 0.25) is 0 Å². The molecule has 1 atom stereocenters. The lowest BCUT2D eigenvalue weighted by Crippen LogP contribution is -2.10. The van der Waals surface area contributed by atoms with E-state index in [1.165, 1.54) is 32.3 Å². The third-order valence-electron chi connectivity index (χ3n) is 7.40. The molecular formula is C35H31N3. The van der Waals surface area contributed by atoms with Crippen molar-refractivity contribution in [2.45, 2.75) is 34.1 Å². The Labute approximate surface area is 224 Å². The Bertz CT molecular complexity index is 1760. The van der Waals surface area contributed by atoms with Crippen LogP contribution in [0.15, 0.2) is 107 Å². The summed E-state index contributed by atoms with van der Waals surface area (Å²) in [5, 5.41) is 16.9. The molecule has 0 saturated heterocycles. The highest BCUT2D eigenvalue weighted by molar-refractivity contribution is 6.25. The number of benzene rings is 5. The van der Waals surface area contributed by atoms with Crippen LogP contribution in [-0.2, 0) is 0 Å². The van der Waals surface area contributed by atoms with Gasteiger partial charge >= 0.3 is 0 Å². The Hall–Kier alpha value is -4.55. The van der Waals surface area contributed by atoms with Gasteiger partial charge in [-0.2, -0.15) is 5.26 Å². The predicted octanol–water partition coefficient (Wildman–Crippen LogP) is 9.33. The number of fused-ring (bicyclic) bond motifs is 6. The first-order chi connectivity index (χ1) is 18.5. The summed E-state index contributed by atoms with van der Waals surface area (Å²) in [6.07, 6.45) is 3.04. The van der Waals surface area contributed by atoms with E-state index in [0.717, 1.165) is 29.0 Å². The first-order valence-corrected chi connectivity index (χ1v) is 13.2. The fourth-order valence-electron chi connectivity index (χ4n) is 4.93. The minimum Gasteiger partial charge on any atom is -0.238 e. The Morgan fingerprint density at radius 3 is 1.95 bits per heavy atom. The van der Waals surface area contributed by atoms with Gasteiger partial charge in [-0.25, -0.2) is 9.98 Å². The summed E-state index contributed by atoms with van der Waals surface area (Å²) in [7, 11) is 0. The molecule has 0 spiro atoms. The molecule has 0 saturated carbocycles. The minimum absolute atomic E-state index is 0.341. The number of allylic oxidation sites excluding steroid dienone is 1. The molecule has 0 N–H and O–H groups in total. The summed E-state index contributed by atoms with van der Waals surface area (Å²) >= 11 is 0. The van der Waals surface area contributed by atoms with Crippen LogP contribution < -0.4 is 0 Å². The second-order valence-electron chi connectivity index (χ2n) is 9.72. The largest absolute Gasteiger partial charge is 0.238 e. The Kier molecular flexibility index (Phi) is 7.15. The first kappa shape index (κ1) is 25.1. The monoisotopic (exact) mass is 493 g/mol. The summed E-state index contributed by atoms with van der Waals surface area (Å²) < 4.78 is 0. The fourth-order valence-corrected chi connectivity index (χ4v) is 4.93. The second-order valence-corrected chi connectivity index (χ2v) is 9.72. The molecule has 5 rings (SSSR count). The number of amidine groups is 1. The summed E-state index contributed by atoms with van der Waals surface area (Å²) in [4.78, 5) is 10.1. The lowest BCUT2D eigenvalue weighted by atomic mass is 9.93. The van der Waals surface area contributed by atoms with Gasteiger partial charge in [0, 0.05) is 16.8 Å². The van der Waals surface area contributed by atoms with Gasteiger partial charge in [0.25, 0.3) is 0 Å². The number of rotatable bonds is 5. The molecule has 0 aliphatic rings. The molecular weight excluding hydrogens is 462 g/mol. The van der Waals surface area contributed by atoms with Crippen LogP contribution in [0.2, 0.25) is 0 Å². The van der Waals surface area contributed by atoms with Crippen LogP contribution in [0, 0.1) is 17.2 Å². The number of nitriles is 1. The average molecular weight is 494 g/mol. The van der Waals surface area contributed by atoms with Crippen LogP contribution in [0.1, 0.15) is 50.8 Å². The number of aliphatic imine (C=N–C) groups is 2. The first-order valence-electron chi connectivity index (χ1n) is 13.2. The fraction of sp³-hybridized carbons (Fsp3) is 0.171. The van der Waals surface area contributed by atoms with Gasteiger partial charge in [0.05, 0.1) is 17.3 Å². The van der Waals surface area contributed by atoms with Crippen molar-refractivity contribution < 1.29 is 0 Å². The van der Waals surface area contributed by atoms with Crippen molar-refractivity contribution in [3.63, 3.8) is 0 Å². The summed E-state index contributed by atoms with van der Waals surface area (Å²) in [6.45, 7) is 8.41. The quantitative estimate of drug-likeness (QED) is 0.137. The Balaban J connectivity index is 1.72. The van der Waals surface area contributed by atoms with Crippen molar-refractivity contribution in [3.8, 4) is 6.07 Å². The molecule has 0 aliphatic heterocycles. The topological polar surface area (TPSA) is 48.5 Å². The lowest BCUT2D eigenvalue weighted by Gasteiger charge is -2.13. The molecule has 0 bridgehead atoms. The van der Waals surface area contributed by atoms with E-state index in [1.807, 2.05) is 37.3 Å². The predicted molar refractivity (Wildman–Crippen MR) is 163 cm³/mol. The van der Waals surface area contributed by atoms with Gasteiger partial charge in [-0.1, -0.05) is 92.7 Å². The number of hydrogen-bond acceptors (Lipinski definition) is 2. The van der Waals surface area contributed by atoms with Gasteiger partial charge in [-0.05, 0) is 76.7 Å². The molecule has 3 heteroatoms. The maximum atomic E-state index is 9.48. The Morgan fingerprint density at radius 1 is 0.763 bits per heavy atom. The van der Waals surface area contributed by atoms with Crippen molar-refractivity contribution in [1.82, 2.24) is 0 Å². The molecule has 3 nitrogen and oxygen atoms in total.